The number of unbranched alkanes of at least 4 members (excludes halogenated alkanes) is 1. The molecule has 6 rings (SSSR count). The summed E-state index contributed by atoms with van der Waals surface area (Å²) < 4.78 is 8.52. The van der Waals surface area contributed by atoms with Crippen molar-refractivity contribution in [1.29, 1.82) is 0 Å². The van der Waals surface area contributed by atoms with Crippen LogP contribution in [0.2, 0.25) is 0 Å². The molecule has 0 bridgehead atoms. The Morgan fingerprint density at radius 3 is 2.55 bits per heavy atom. The molecule has 5 heterocycles. The number of aliphatic hydroxyl groups is 1. The predicted molar refractivity (Wildman–Crippen MR) is 145 cm³/mol. The van der Waals surface area contributed by atoms with Crippen molar-refractivity contribution in [2.45, 2.75) is 57.0 Å². The summed E-state index contributed by atoms with van der Waals surface area (Å²) in [5.74, 6) is -2.21. The fourth-order valence-electron chi connectivity index (χ4n) is 7.03. The number of amides is 3. The number of carbonyl (C=O) groups excluding carboxylic acids is 3. The van der Waals surface area contributed by atoms with E-state index in [-0.39, 0.29) is 37.5 Å². The van der Waals surface area contributed by atoms with Gasteiger partial charge in [-0.2, -0.15) is 0 Å². The van der Waals surface area contributed by atoms with Gasteiger partial charge in [-0.05, 0) is 38.3 Å². The van der Waals surface area contributed by atoms with Crippen molar-refractivity contribution in [2.24, 2.45) is 11.8 Å². The van der Waals surface area contributed by atoms with Crippen LogP contribution in [-0.4, -0.2) is 103 Å². The fraction of sp³-hybridized carbons (Fsp3) is 0.552. The summed E-state index contributed by atoms with van der Waals surface area (Å²) >= 11 is 0. The number of hydrogen-bond donors (Lipinski definition) is 1. The van der Waals surface area contributed by atoms with Crippen LogP contribution < -0.4 is 0 Å². The molecule has 0 radical (unpaired) electrons. The van der Waals surface area contributed by atoms with Crippen LogP contribution in [0.1, 0.15) is 33.1 Å². The van der Waals surface area contributed by atoms with Crippen molar-refractivity contribution in [3.8, 4) is 0 Å². The minimum atomic E-state index is -1.29. The molecule has 1 aromatic carbocycles. The highest BCUT2D eigenvalue weighted by Crippen LogP contribution is 2.57. The number of aliphatic hydroxyl groups excluding tert-OH is 1. The molecule has 2 aromatic rings. The maximum atomic E-state index is 14.4. The molecule has 2 saturated heterocycles. The van der Waals surface area contributed by atoms with Gasteiger partial charge < -0.3 is 24.5 Å². The average molecular weight is 549 g/mol. The van der Waals surface area contributed by atoms with E-state index in [1.54, 1.807) is 19.4 Å². The highest BCUT2D eigenvalue weighted by molar-refractivity contribution is 6.00. The van der Waals surface area contributed by atoms with Crippen LogP contribution in [0.25, 0.3) is 11.0 Å². The molecule has 1 unspecified atom stereocenters. The highest BCUT2D eigenvalue weighted by Gasteiger charge is 2.74. The zero-order valence-electron chi connectivity index (χ0n) is 23.0. The highest BCUT2D eigenvalue weighted by atomic mass is 16.5. The Bertz CT molecular complexity index is 1390. The van der Waals surface area contributed by atoms with Crippen LogP contribution >= 0.6 is 0 Å². The zero-order valence-corrected chi connectivity index (χ0v) is 23.0. The number of carbonyl (C=O) groups is 3. The van der Waals surface area contributed by atoms with Crippen LogP contribution in [-0.2, 0) is 25.8 Å². The number of likely N-dealkylation sites (tertiary alicyclic amines) is 1. The number of para-hydroxylation sites is 1. The van der Waals surface area contributed by atoms with E-state index in [4.69, 9.17) is 4.74 Å². The first kappa shape index (κ1) is 26.6. The third-order valence-electron chi connectivity index (χ3n) is 8.75. The van der Waals surface area contributed by atoms with E-state index in [0.717, 1.165) is 17.5 Å². The van der Waals surface area contributed by atoms with Gasteiger partial charge in [-0.3, -0.25) is 14.4 Å². The standard InChI is InChI=1S/C29H36N6O5/c1-3-14-32-15-8-12-28(2)22(25(32)37)23-26(38)34(17-6-7-18-36)24-27(39)33(16-9-13-29(23,24)40-28)19-35-21-11-5-4-10-20(21)30-31-35/h4-5,8-13,22-24,36H,3,6-7,14-19H2,1-2H3/t22-,23+,24?,28+,29+/m1/s1. The number of aromatic nitrogens is 3. The molecular formula is C29H36N6O5. The summed E-state index contributed by atoms with van der Waals surface area (Å²) in [5.41, 5.74) is -0.789. The van der Waals surface area contributed by atoms with Gasteiger partial charge in [0, 0.05) is 32.8 Å². The summed E-state index contributed by atoms with van der Waals surface area (Å²) in [6.07, 6.45) is 9.41. The summed E-state index contributed by atoms with van der Waals surface area (Å²) in [5, 5.41) is 17.9. The lowest BCUT2D eigenvalue weighted by atomic mass is 9.74. The molecule has 4 aliphatic rings. The lowest BCUT2D eigenvalue weighted by Gasteiger charge is -2.37. The Kier molecular flexibility index (Phi) is 6.74. The second-order valence-corrected chi connectivity index (χ2v) is 11.3. The quantitative estimate of drug-likeness (QED) is 0.390. The summed E-state index contributed by atoms with van der Waals surface area (Å²) in [6.45, 7) is 5.67. The third kappa shape index (κ3) is 3.97. The number of fused-ring (bicyclic) bond motifs is 3. The number of nitrogens with zero attached hydrogens (tertiary/aromatic N) is 6. The van der Waals surface area contributed by atoms with Crippen molar-refractivity contribution >= 4 is 28.8 Å². The smallest absolute Gasteiger partial charge is 0.250 e. The third-order valence-corrected chi connectivity index (χ3v) is 8.75. The zero-order chi connectivity index (χ0) is 28.1. The van der Waals surface area contributed by atoms with Gasteiger partial charge >= 0.3 is 0 Å². The number of hydrogen-bond acceptors (Lipinski definition) is 7. The van der Waals surface area contributed by atoms with Gasteiger partial charge in [0.05, 0.1) is 23.0 Å². The van der Waals surface area contributed by atoms with E-state index >= 15 is 0 Å². The van der Waals surface area contributed by atoms with Crippen LogP contribution in [0, 0.1) is 11.8 Å². The Hall–Kier alpha value is -3.57. The largest absolute Gasteiger partial charge is 0.396 e. The minimum absolute atomic E-state index is 0.00687. The molecule has 0 saturated carbocycles. The lowest BCUT2D eigenvalue weighted by molar-refractivity contribution is -0.153. The predicted octanol–water partition coefficient (Wildman–Crippen LogP) is 1.34. The van der Waals surface area contributed by atoms with Gasteiger partial charge in [0.15, 0.2) is 0 Å². The molecule has 5 atom stereocenters. The maximum Gasteiger partial charge on any atom is 0.250 e. The minimum Gasteiger partial charge on any atom is -0.396 e. The molecule has 1 aromatic heterocycles. The molecule has 1 N–H and O–H groups in total. The van der Waals surface area contributed by atoms with E-state index < -0.39 is 29.1 Å². The van der Waals surface area contributed by atoms with E-state index in [2.05, 4.69) is 10.3 Å². The van der Waals surface area contributed by atoms with Crippen LogP contribution in [0.15, 0.2) is 48.6 Å². The first-order chi connectivity index (χ1) is 19.3. The normalized spacial score (nSPS) is 31.5. The molecule has 11 nitrogen and oxygen atoms in total. The van der Waals surface area contributed by atoms with Gasteiger partial charge in [0.1, 0.15) is 23.8 Å². The molecule has 3 amide bonds. The molecule has 4 aliphatic heterocycles. The first-order valence-electron chi connectivity index (χ1n) is 14.2. The Balaban J connectivity index is 1.40. The van der Waals surface area contributed by atoms with Crippen molar-refractivity contribution < 1.29 is 24.2 Å². The summed E-state index contributed by atoms with van der Waals surface area (Å²) in [6, 6.07) is 6.61. The molecule has 212 valence electrons. The SMILES string of the molecule is CCCN1CC=C[C@]2(C)O[C@]34C=CCN(Cn5nnc6ccccc65)C(=O)C3N(CCCCO)C(=O)[C@@H]4[C@@H]2C1=O. The van der Waals surface area contributed by atoms with E-state index in [1.165, 1.54) is 0 Å². The van der Waals surface area contributed by atoms with Gasteiger partial charge in [0.25, 0.3) is 5.91 Å². The van der Waals surface area contributed by atoms with Gasteiger partial charge in [-0.1, -0.05) is 48.6 Å². The van der Waals surface area contributed by atoms with Gasteiger partial charge in [-0.25, -0.2) is 4.68 Å². The van der Waals surface area contributed by atoms with Crippen LogP contribution in [0.5, 0.6) is 0 Å². The van der Waals surface area contributed by atoms with Crippen molar-refractivity contribution in [1.82, 2.24) is 29.7 Å². The molecule has 2 fully saturated rings. The Labute approximate surface area is 233 Å². The van der Waals surface area contributed by atoms with Gasteiger partial charge in [-0.15, -0.1) is 5.10 Å². The Morgan fingerprint density at radius 1 is 0.975 bits per heavy atom. The topological polar surface area (TPSA) is 121 Å². The molecule has 0 aliphatic carbocycles. The fourth-order valence-corrected chi connectivity index (χ4v) is 7.03. The molecular weight excluding hydrogens is 512 g/mol. The van der Waals surface area contributed by atoms with Crippen LogP contribution in [0.3, 0.4) is 0 Å². The van der Waals surface area contributed by atoms with E-state index in [0.29, 0.717) is 32.5 Å². The monoisotopic (exact) mass is 548 g/mol. The number of ether oxygens (including phenoxy) is 1. The lowest BCUT2D eigenvalue weighted by Crippen LogP contribution is -2.56. The summed E-state index contributed by atoms with van der Waals surface area (Å²) in [7, 11) is 0. The number of benzene rings is 1. The van der Waals surface area contributed by atoms with E-state index in [1.807, 2.05) is 62.4 Å². The van der Waals surface area contributed by atoms with Crippen LogP contribution in [0.4, 0.5) is 0 Å². The number of rotatable bonds is 8. The maximum absolute atomic E-state index is 14.4. The molecule has 11 heteroatoms. The second kappa shape index (κ2) is 10.1. The van der Waals surface area contributed by atoms with Crippen molar-refractivity contribution in [2.75, 3.05) is 32.8 Å². The molecule has 40 heavy (non-hydrogen) atoms. The summed E-state index contributed by atoms with van der Waals surface area (Å²) in [4.78, 5) is 47.7. The average Bonchev–Trinajstić information content (AvgIpc) is 3.47. The second-order valence-electron chi connectivity index (χ2n) is 11.3. The Morgan fingerprint density at radius 2 is 1.75 bits per heavy atom. The van der Waals surface area contributed by atoms with E-state index in [9.17, 15) is 19.5 Å². The first-order valence-corrected chi connectivity index (χ1v) is 14.2. The van der Waals surface area contributed by atoms with Crippen molar-refractivity contribution in [3.05, 3.63) is 48.6 Å². The van der Waals surface area contributed by atoms with Crippen molar-refractivity contribution in [3.63, 3.8) is 0 Å². The van der Waals surface area contributed by atoms with Gasteiger partial charge in [0.2, 0.25) is 11.8 Å². The molecule has 1 spiro atoms.